The van der Waals surface area contributed by atoms with Crippen LogP contribution in [0.4, 0.5) is 0 Å². The summed E-state index contributed by atoms with van der Waals surface area (Å²) in [5, 5.41) is 10.6. The van der Waals surface area contributed by atoms with Crippen LogP contribution in [0.25, 0.3) is 0 Å². The normalized spacial score (nSPS) is 19.2. The second-order valence-electron chi connectivity index (χ2n) is 4.27. The predicted molar refractivity (Wildman–Crippen MR) is 71.3 cm³/mol. The van der Waals surface area contributed by atoms with Crippen molar-refractivity contribution in [2.75, 3.05) is 13.2 Å². The molecule has 0 saturated carbocycles. The number of benzene rings is 1. The largest absolute Gasteiger partial charge is 0.506 e. The molecule has 17 heavy (non-hydrogen) atoms. The molecule has 1 fully saturated rings. The Morgan fingerprint density at radius 1 is 1.41 bits per heavy atom. The average molecular weight is 321 g/mol. The highest BCUT2D eigenvalue weighted by molar-refractivity contribution is 9.10. The topological polar surface area (TPSA) is 55.5 Å². The lowest BCUT2D eigenvalue weighted by Gasteiger charge is -2.29. The second-order valence-corrected chi connectivity index (χ2v) is 5.53. The third-order valence-electron chi connectivity index (χ3n) is 3.22. The lowest BCUT2D eigenvalue weighted by Crippen LogP contribution is -2.27. The van der Waals surface area contributed by atoms with Gasteiger partial charge in [-0.25, -0.2) is 0 Å². The Balaban J connectivity index is 2.29. The summed E-state index contributed by atoms with van der Waals surface area (Å²) in [7, 11) is 0. The van der Waals surface area contributed by atoms with Crippen LogP contribution in [0.3, 0.4) is 0 Å². The van der Waals surface area contributed by atoms with Gasteiger partial charge in [-0.3, -0.25) is 0 Å². The molecule has 1 atom stereocenters. The van der Waals surface area contributed by atoms with Gasteiger partial charge in [-0.2, -0.15) is 0 Å². The number of halogens is 2. The number of nitrogens with two attached hydrogens (primary N) is 1. The first-order chi connectivity index (χ1) is 8.11. The average Bonchev–Trinajstić information content (AvgIpc) is 2.35. The number of phenols is 1. The van der Waals surface area contributed by atoms with Crippen LogP contribution in [0.15, 0.2) is 16.6 Å². The maximum Gasteiger partial charge on any atom is 0.136 e. The van der Waals surface area contributed by atoms with E-state index in [0.29, 0.717) is 21.0 Å². The van der Waals surface area contributed by atoms with Gasteiger partial charge in [-0.05, 0) is 46.8 Å². The van der Waals surface area contributed by atoms with E-state index in [4.69, 9.17) is 22.1 Å². The van der Waals surface area contributed by atoms with Crippen molar-refractivity contribution in [3.05, 3.63) is 27.2 Å². The highest BCUT2D eigenvalue weighted by Crippen LogP contribution is 2.40. The van der Waals surface area contributed by atoms with Crippen molar-refractivity contribution in [2.24, 2.45) is 11.7 Å². The lowest BCUT2D eigenvalue weighted by molar-refractivity contribution is 0.0581. The lowest BCUT2D eigenvalue weighted by atomic mass is 9.87. The monoisotopic (exact) mass is 319 g/mol. The van der Waals surface area contributed by atoms with Crippen molar-refractivity contribution < 1.29 is 9.84 Å². The van der Waals surface area contributed by atoms with Gasteiger partial charge in [0.15, 0.2) is 0 Å². The summed E-state index contributed by atoms with van der Waals surface area (Å²) in [5.41, 5.74) is 6.85. The van der Waals surface area contributed by atoms with Crippen LogP contribution in [0.5, 0.6) is 5.75 Å². The summed E-state index contributed by atoms with van der Waals surface area (Å²) >= 11 is 9.41. The van der Waals surface area contributed by atoms with Crippen molar-refractivity contribution in [3.63, 3.8) is 0 Å². The van der Waals surface area contributed by atoms with Crippen molar-refractivity contribution in [1.29, 1.82) is 0 Å². The van der Waals surface area contributed by atoms with E-state index < -0.39 is 0 Å². The van der Waals surface area contributed by atoms with Crippen LogP contribution in [0.2, 0.25) is 5.02 Å². The standard InChI is InChI=1S/C12H15BrClNO2/c13-8-1-2-9(14)10(12(8)16)11(15)7-3-5-17-6-4-7/h1-2,7,11,16H,3-6,15H2/t11-/m1/s1. The van der Waals surface area contributed by atoms with Gasteiger partial charge in [0.25, 0.3) is 0 Å². The fraction of sp³-hybridized carbons (Fsp3) is 0.500. The van der Waals surface area contributed by atoms with Crippen LogP contribution in [-0.4, -0.2) is 18.3 Å². The van der Waals surface area contributed by atoms with Gasteiger partial charge in [-0.1, -0.05) is 11.6 Å². The highest BCUT2D eigenvalue weighted by atomic mass is 79.9. The maximum atomic E-state index is 10.0. The smallest absolute Gasteiger partial charge is 0.136 e. The molecule has 1 saturated heterocycles. The van der Waals surface area contributed by atoms with Gasteiger partial charge in [0.1, 0.15) is 5.75 Å². The molecule has 1 aliphatic rings. The maximum absolute atomic E-state index is 10.0. The molecule has 1 aromatic rings. The van der Waals surface area contributed by atoms with Crippen molar-refractivity contribution >= 4 is 27.5 Å². The van der Waals surface area contributed by atoms with Gasteiger partial charge in [0, 0.05) is 29.8 Å². The third-order valence-corrected chi connectivity index (χ3v) is 4.19. The van der Waals surface area contributed by atoms with Crippen LogP contribution in [-0.2, 0) is 4.74 Å². The number of hydrogen-bond acceptors (Lipinski definition) is 3. The van der Waals surface area contributed by atoms with Gasteiger partial charge < -0.3 is 15.6 Å². The second kappa shape index (κ2) is 5.57. The van der Waals surface area contributed by atoms with Crippen LogP contribution in [0, 0.1) is 5.92 Å². The summed E-state index contributed by atoms with van der Waals surface area (Å²) in [5.74, 6) is 0.456. The Kier molecular flexibility index (Phi) is 4.31. The minimum Gasteiger partial charge on any atom is -0.506 e. The summed E-state index contributed by atoms with van der Waals surface area (Å²) in [6.45, 7) is 1.45. The van der Waals surface area contributed by atoms with Crippen molar-refractivity contribution in [3.8, 4) is 5.75 Å². The number of ether oxygens (including phenoxy) is 1. The Morgan fingerprint density at radius 2 is 2.06 bits per heavy atom. The SMILES string of the molecule is N[C@@H](c1c(Cl)ccc(Br)c1O)C1CCOCC1. The van der Waals surface area contributed by atoms with E-state index in [1.807, 2.05) is 0 Å². The molecule has 94 valence electrons. The molecular formula is C12H15BrClNO2. The van der Waals surface area contributed by atoms with Crippen LogP contribution in [0.1, 0.15) is 24.4 Å². The van der Waals surface area contributed by atoms with Crippen LogP contribution >= 0.6 is 27.5 Å². The Labute approximate surface area is 114 Å². The van der Waals surface area contributed by atoms with E-state index in [0.717, 1.165) is 26.1 Å². The van der Waals surface area contributed by atoms with Gasteiger partial charge in [-0.15, -0.1) is 0 Å². The molecule has 0 aromatic heterocycles. The first-order valence-electron chi connectivity index (χ1n) is 5.61. The van der Waals surface area contributed by atoms with E-state index >= 15 is 0 Å². The quantitative estimate of drug-likeness (QED) is 0.879. The highest BCUT2D eigenvalue weighted by Gasteiger charge is 2.26. The molecule has 3 N–H and O–H groups in total. The number of phenolic OH excluding ortho intramolecular Hbond substituents is 1. The fourth-order valence-corrected chi connectivity index (χ4v) is 2.81. The zero-order valence-electron chi connectivity index (χ0n) is 9.33. The van der Waals surface area contributed by atoms with Crippen molar-refractivity contribution in [1.82, 2.24) is 0 Å². The molecule has 1 heterocycles. The molecule has 0 spiro atoms. The number of rotatable bonds is 2. The molecule has 1 aromatic carbocycles. The van der Waals surface area contributed by atoms with E-state index in [9.17, 15) is 5.11 Å². The van der Waals surface area contributed by atoms with Crippen molar-refractivity contribution in [2.45, 2.75) is 18.9 Å². The van der Waals surface area contributed by atoms with Gasteiger partial charge in [0.2, 0.25) is 0 Å². The molecular weight excluding hydrogens is 305 g/mol. The first-order valence-corrected chi connectivity index (χ1v) is 6.78. The first kappa shape index (κ1) is 13.1. The molecule has 0 radical (unpaired) electrons. The Morgan fingerprint density at radius 3 is 2.71 bits per heavy atom. The zero-order valence-corrected chi connectivity index (χ0v) is 11.7. The minimum atomic E-state index is -0.246. The Hall–Kier alpha value is -0.290. The van der Waals surface area contributed by atoms with E-state index in [1.54, 1.807) is 12.1 Å². The van der Waals surface area contributed by atoms with Crippen LogP contribution < -0.4 is 5.73 Å². The third kappa shape index (κ3) is 2.76. The summed E-state index contributed by atoms with van der Waals surface area (Å²) in [6.07, 6.45) is 1.81. The Bertz CT molecular complexity index is 408. The molecule has 0 bridgehead atoms. The molecule has 0 unspecified atom stereocenters. The molecule has 0 amide bonds. The van der Waals surface area contributed by atoms with E-state index in [2.05, 4.69) is 15.9 Å². The molecule has 2 rings (SSSR count). The minimum absolute atomic E-state index is 0.150. The molecule has 5 heteroatoms. The predicted octanol–water partition coefficient (Wildman–Crippen LogP) is 3.23. The van der Waals surface area contributed by atoms with Gasteiger partial charge >= 0.3 is 0 Å². The summed E-state index contributed by atoms with van der Waals surface area (Å²) in [6, 6.07) is 3.22. The number of hydrogen-bond donors (Lipinski definition) is 2. The molecule has 3 nitrogen and oxygen atoms in total. The van der Waals surface area contributed by atoms with E-state index in [1.165, 1.54) is 0 Å². The van der Waals surface area contributed by atoms with E-state index in [-0.39, 0.29) is 11.8 Å². The molecule has 0 aliphatic carbocycles. The molecule has 1 aliphatic heterocycles. The summed E-state index contributed by atoms with van der Waals surface area (Å²) in [4.78, 5) is 0. The zero-order chi connectivity index (χ0) is 12.4. The number of aromatic hydroxyl groups is 1. The fourth-order valence-electron chi connectivity index (χ4n) is 2.18. The summed E-state index contributed by atoms with van der Waals surface area (Å²) < 4.78 is 5.93. The van der Waals surface area contributed by atoms with Gasteiger partial charge in [0.05, 0.1) is 4.47 Å².